The van der Waals surface area contributed by atoms with Gasteiger partial charge in [-0.25, -0.2) is 13.4 Å². The van der Waals surface area contributed by atoms with E-state index in [0.717, 1.165) is 28.8 Å². The molecule has 0 saturated carbocycles. The second-order valence-electron chi connectivity index (χ2n) is 7.32. The molecule has 166 valence electrons. The molecule has 32 heavy (non-hydrogen) atoms. The largest absolute Gasteiger partial charge is 0.494 e. The molecule has 1 aromatic heterocycles. The Bertz CT molecular complexity index is 1240. The van der Waals surface area contributed by atoms with Crippen LogP contribution in [0.5, 0.6) is 5.75 Å². The number of nitrogens with zero attached hydrogens (tertiary/aromatic N) is 2. The van der Waals surface area contributed by atoms with Crippen LogP contribution in [0.15, 0.2) is 71.1 Å². The van der Waals surface area contributed by atoms with Crippen molar-refractivity contribution in [2.75, 3.05) is 17.6 Å². The first-order valence-corrected chi connectivity index (χ1v) is 12.9. The molecule has 7 nitrogen and oxygen atoms in total. The average Bonchev–Trinajstić information content (AvgIpc) is 3.44. The number of hydrogen-bond donors (Lipinski definition) is 1. The van der Waals surface area contributed by atoms with E-state index in [1.165, 1.54) is 16.3 Å². The van der Waals surface area contributed by atoms with Crippen LogP contribution in [0.4, 0.5) is 5.69 Å². The minimum absolute atomic E-state index is 0.165. The van der Waals surface area contributed by atoms with Crippen LogP contribution >= 0.6 is 11.3 Å². The Morgan fingerprint density at radius 1 is 1.16 bits per heavy atom. The second kappa shape index (κ2) is 9.13. The minimum Gasteiger partial charge on any atom is -0.494 e. The molecule has 0 unspecified atom stereocenters. The van der Waals surface area contributed by atoms with Crippen LogP contribution in [0, 0.1) is 0 Å². The highest BCUT2D eigenvalue weighted by Gasteiger charge is 2.35. The Hall–Kier alpha value is -3.17. The molecule has 2 heterocycles. The van der Waals surface area contributed by atoms with E-state index in [4.69, 9.17) is 9.84 Å². The van der Waals surface area contributed by atoms with Crippen LogP contribution in [0.1, 0.15) is 40.2 Å². The molecule has 0 bridgehead atoms. The van der Waals surface area contributed by atoms with Crippen molar-refractivity contribution in [3.8, 4) is 5.75 Å². The van der Waals surface area contributed by atoms with Crippen molar-refractivity contribution in [1.82, 2.24) is 5.01 Å². The Balaban J connectivity index is 1.69. The van der Waals surface area contributed by atoms with Crippen LogP contribution in [0.25, 0.3) is 0 Å². The molecule has 0 aliphatic carbocycles. The molecule has 1 N–H and O–H groups in total. The summed E-state index contributed by atoms with van der Waals surface area (Å²) in [5.41, 5.74) is 2.94. The number of anilines is 1. The highest BCUT2D eigenvalue weighted by atomic mass is 32.2. The van der Waals surface area contributed by atoms with Crippen molar-refractivity contribution in [1.29, 1.82) is 0 Å². The van der Waals surface area contributed by atoms with E-state index in [1.807, 2.05) is 42.6 Å². The minimum atomic E-state index is -3.36. The number of para-hydroxylation sites is 1. The van der Waals surface area contributed by atoms with E-state index in [0.29, 0.717) is 23.6 Å². The molecule has 2 aromatic carbocycles. The summed E-state index contributed by atoms with van der Waals surface area (Å²) in [5.74, 6) is 0.565. The van der Waals surface area contributed by atoms with Gasteiger partial charge < -0.3 is 4.74 Å². The quantitative estimate of drug-likeness (QED) is 0.551. The van der Waals surface area contributed by atoms with Crippen LogP contribution < -0.4 is 9.46 Å². The van der Waals surface area contributed by atoms with Gasteiger partial charge in [0, 0.05) is 17.7 Å². The fourth-order valence-electron chi connectivity index (χ4n) is 3.62. The first-order valence-electron chi connectivity index (χ1n) is 10.1. The molecular formula is C23H23N3O4S2. The fraction of sp³-hybridized carbons (Fsp3) is 0.217. The lowest BCUT2D eigenvalue weighted by atomic mass is 9.97. The van der Waals surface area contributed by atoms with E-state index >= 15 is 0 Å². The third kappa shape index (κ3) is 4.84. The van der Waals surface area contributed by atoms with Gasteiger partial charge in [0.15, 0.2) is 0 Å². The number of carbonyl (C=O) groups is 1. The van der Waals surface area contributed by atoms with Gasteiger partial charge in [0.25, 0.3) is 5.91 Å². The molecule has 0 spiro atoms. The summed E-state index contributed by atoms with van der Waals surface area (Å²) in [4.78, 5) is 13.9. The summed E-state index contributed by atoms with van der Waals surface area (Å²) in [5, 5.41) is 8.09. The number of hydrogen-bond acceptors (Lipinski definition) is 6. The predicted octanol–water partition coefficient (Wildman–Crippen LogP) is 4.51. The Labute approximate surface area is 191 Å². The van der Waals surface area contributed by atoms with Crippen LogP contribution in [-0.2, 0) is 10.0 Å². The van der Waals surface area contributed by atoms with Crippen LogP contribution in [0.3, 0.4) is 0 Å². The molecule has 1 atom stereocenters. The first-order chi connectivity index (χ1) is 15.4. The summed E-state index contributed by atoms with van der Waals surface area (Å²) < 4.78 is 31.2. The first kappa shape index (κ1) is 22.0. The van der Waals surface area contributed by atoms with Crippen LogP contribution in [-0.4, -0.2) is 37.9 Å². The van der Waals surface area contributed by atoms with Gasteiger partial charge in [0.2, 0.25) is 10.0 Å². The lowest BCUT2D eigenvalue weighted by Crippen LogP contribution is -2.26. The van der Waals surface area contributed by atoms with Crippen molar-refractivity contribution in [2.24, 2.45) is 5.10 Å². The smallest absolute Gasteiger partial charge is 0.284 e. The Morgan fingerprint density at radius 2 is 1.91 bits per heavy atom. The maximum Gasteiger partial charge on any atom is 0.284 e. The number of ether oxygens (including phenoxy) is 1. The number of sulfonamides is 1. The Kier molecular flexibility index (Phi) is 6.29. The van der Waals surface area contributed by atoms with Gasteiger partial charge in [0.1, 0.15) is 5.75 Å². The number of nitrogens with one attached hydrogen (secondary N) is 1. The summed E-state index contributed by atoms with van der Waals surface area (Å²) in [6.45, 7) is 2.44. The van der Waals surface area contributed by atoms with E-state index in [9.17, 15) is 13.2 Å². The fourth-order valence-corrected chi connectivity index (χ4v) is 4.83. The molecule has 4 rings (SSSR count). The zero-order chi connectivity index (χ0) is 22.7. The third-order valence-corrected chi connectivity index (χ3v) is 6.41. The molecule has 0 radical (unpaired) electrons. The molecule has 0 fully saturated rings. The highest BCUT2D eigenvalue weighted by molar-refractivity contribution is 7.92. The molecule has 3 aromatic rings. The maximum atomic E-state index is 13.3. The number of hydrazone groups is 1. The van der Waals surface area contributed by atoms with Crippen molar-refractivity contribution >= 4 is 38.7 Å². The third-order valence-electron chi connectivity index (χ3n) is 4.95. The van der Waals surface area contributed by atoms with E-state index in [1.54, 1.807) is 30.3 Å². The Morgan fingerprint density at radius 3 is 2.56 bits per heavy atom. The van der Waals surface area contributed by atoms with Gasteiger partial charge in [-0.15, -0.1) is 11.3 Å². The zero-order valence-electron chi connectivity index (χ0n) is 17.7. The zero-order valence-corrected chi connectivity index (χ0v) is 19.3. The molecular weight excluding hydrogens is 446 g/mol. The molecule has 1 aliphatic rings. The van der Waals surface area contributed by atoms with Gasteiger partial charge in [-0.2, -0.15) is 5.10 Å². The standard InChI is InChI=1S/C23H23N3O4S2/c1-3-30-21-8-5-4-7-18(21)20-15-19(24-26(20)23(27)22-9-6-14-31-22)16-10-12-17(13-11-16)25-32(2,28)29/h4-14,20,25H,3,15H2,1-2H3/t20-/m1/s1. The van der Waals surface area contributed by atoms with Gasteiger partial charge in [-0.1, -0.05) is 36.4 Å². The van der Waals surface area contributed by atoms with Gasteiger partial charge in [-0.05, 0) is 42.1 Å². The van der Waals surface area contributed by atoms with Crippen molar-refractivity contribution in [2.45, 2.75) is 19.4 Å². The average molecular weight is 470 g/mol. The molecule has 1 amide bonds. The SMILES string of the molecule is CCOc1ccccc1[C@H]1CC(c2ccc(NS(C)(=O)=O)cc2)=NN1C(=O)c1cccs1. The number of amides is 1. The van der Waals surface area contributed by atoms with E-state index < -0.39 is 10.0 Å². The lowest BCUT2D eigenvalue weighted by Gasteiger charge is -2.23. The summed E-state index contributed by atoms with van der Waals surface area (Å²) >= 11 is 1.38. The summed E-state index contributed by atoms with van der Waals surface area (Å²) in [6, 6.07) is 18.0. The highest BCUT2D eigenvalue weighted by Crippen LogP contribution is 2.38. The molecule has 9 heteroatoms. The van der Waals surface area contributed by atoms with E-state index in [2.05, 4.69) is 4.72 Å². The molecule has 1 aliphatic heterocycles. The topological polar surface area (TPSA) is 88.1 Å². The normalized spacial score (nSPS) is 16.0. The predicted molar refractivity (Wildman–Crippen MR) is 127 cm³/mol. The summed E-state index contributed by atoms with van der Waals surface area (Å²) in [7, 11) is -3.36. The van der Waals surface area contributed by atoms with Crippen molar-refractivity contribution < 1.29 is 17.9 Å². The lowest BCUT2D eigenvalue weighted by molar-refractivity contribution is 0.0714. The van der Waals surface area contributed by atoms with Gasteiger partial charge >= 0.3 is 0 Å². The maximum absolute atomic E-state index is 13.3. The van der Waals surface area contributed by atoms with Crippen molar-refractivity contribution in [3.63, 3.8) is 0 Å². The number of carbonyl (C=O) groups excluding carboxylic acids is 1. The van der Waals surface area contributed by atoms with Crippen LogP contribution in [0.2, 0.25) is 0 Å². The summed E-state index contributed by atoms with van der Waals surface area (Å²) in [6.07, 6.45) is 1.62. The van der Waals surface area contributed by atoms with Gasteiger partial charge in [0.05, 0.1) is 29.5 Å². The van der Waals surface area contributed by atoms with Gasteiger partial charge in [-0.3, -0.25) is 9.52 Å². The number of thiophene rings is 1. The number of rotatable bonds is 7. The number of benzene rings is 2. The second-order valence-corrected chi connectivity index (χ2v) is 10.0. The van der Waals surface area contributed by atoms with Crippen molar-refractivity contribution in [3.05, 3.63) is 82.0 Å². The molecule has 0 saturated heterocycles. The van der Waals surface area contributed by atoms with E-state index in [-0.39, 0.29) is 11.9 Å². The monoisotopic (exact) mass is 469 g/mol.